The Balaban J connectivity index is 1.63. The SMILES string of the molecule is CCCCCCc1ccc2cc(-c3cc(F)c(-c4cc(F)cc(F)c4)c(F)c3)ccc2c1. The summed E-state index contributed by atoms with van der Waals surface area (Å²) in [6.07, 6.45) is 5.88. The number of aryl methyl sites for hydroxylation is 1. The summed E-state index contributed by atoms with van der Waals surface area (Å²) in [6.45, 7) is 2.19. The number of fused-ring (bicyclic) bond motifs is 1. The molecule has 0 unspecified atom stereocenters. The smallest absolute Gasteiger partial charge is 0.134 e. The van der Waals surface area contributed by atoms with Crippen LogP contribution < -0.4 is 0 Å². The van der Waals surface area contributed by atoms with E-state index in [-0.39, 0.29) is 5.56 Å². The van der Waals surface area contributed by atoms with Crippen LogP contribution in [0.3, 0.4) is 0 Å². The molecule has 32 heavy (non-hydrogen) atoms. The van der Waals surface area contributed by atoms with Gasteiger partial charge in [-0.05, 0) is 76.2 Å². The topological polar surface area (TPSA) is 0 Å². The maximum atomic E-state index is 14.8. The molecule has 0 aromatic heterocycles. The lowest BCUT2D eigenvalue weighted by Gasteiger charge is -2.11. The Morgan fingerprint density at radius 1 is 0.562 bits per heavy atom. The van der Waals surface area contributed by atoms with Gasteiger partial charge in [-0.25, -0.2) is 17.6 Å². The van der Waals surface area contributed by atoms with E-state index in [0.717, 1.165) is 35.7 Å². The lowest BCUT2D eigenvalue weighted by Crippen LogP contribution is -1.94. The van der Waals surface area contributed by atoms with Crippen molar-refractivity contribution in [3.63, 3.8) is 0 Å². The maximum Gasteiger partial charge on any atom is 0.134 e. The average Bonchev–Trinajstić information content (AvgIpc) is 2.75. The van der Waals surface area contributed by atoms with Crippen LogP contribution in [-0.4, -0.2) is 0 Å². The third-order valence-electron chi connectivity index (χ3n) is 5.75. The molecule has 0 bridgehead atoms. The van der Waals surface area contributed by atoms with Crippen molar-refractivity contribution in [3.8, 4) is 22.3 Å². The van der Waals surface area contributed by atoms with E-state index in [2.05, 4.69) is 19.1 Å². The van der Waals surface area contributed by atoms with Gasteiger partial charge in [0.25, 0.3) is 0 Å². The molecular weight excluding hydrogens is 412 g/mol. The second kappa shape index (κ2) is 9.56. The molecule has 0 saturated heterocycles. The lowest BCUT2D eigenvalue weighted by atomic mass is 9.96. The van der Waals surface area contributed by atoms with Gasteiger partial charge in [-0.1, -0.05) is 56.5 Å². The molecular formula is C28H24F4. The molecule has 0 heterocycles. The minimum atomic E-state index is -0.887. The number of benzene rings is 4. The van der Waals surface area contributed by atoms with E-state index < -0.39 is 28.8 Å². The van der Waals surface area contributed by atoms with Crippen LogP contribution in [0.25, 0.3) is 33.0 Å². The van der Waals surface area contributed by atoms with Gasteiger partial charge in [-0.3, -0.25) is 0 Å². The minimum Gasteiger partial charge on any atom is -0.207 e. The second-order valence-electron chi connectivity index (χ2n) is 8.18. The normalized spacial score (nSPS) is 11.3. The summed E-state index contributed by atoms with van der Waals surface area (Å²) < 4.78 is 56.6. The molecule has 0 amide bonds. The molecule has 0 spiro atoms. The predicted molar refractivity (Wildman–Crippen MR) is 122 cm³/mol. The Labute approximate surface area is 185 Å². The van der Waals surface area contributed by atoms with Crippen molar-refractivity contribution >= 4 is 10.8 Å². The van der Waals surface area contributed by atoms with Crippen LogP contribution in [0.2, 0.25) is 0 Å². The van der Waals surface area contributed by atoms with Gasteiger partial charge in [0.15, 0.2) is 0 Å². The van der Waals surface area contributed by atoms with E-state index in [1.54, 1.807) is 0 Å². The zero-order valence-corrected chi connectivity index (χ0v) is 17.9. The van der Waals surface area contributed by atoms with Crippen LogP contribution in [0.4, 0.5) is 17.6 Å². The highest BCUT2D eigenvalue weighted by Gasteiger charge is 2.16. The highest BCUT2D eigenvalue weighted by atomic mass is 19.1. The summed E-state index contributed by atoms with van der Waals surface area (Å²) in [5.41, 5.74) is 1.70. The fraction of sp³-hybridized carbons (Fsp3) is 0.214. The predicted octanol–water partition coefficient (Wildman–Crippen LogP) is 8.85. The van der Waals surface area contributed by atoms with Crippen molar-refractivity contribution in [2.24, 2.45) is 0 Å². The van der Waals surface area contributed by atoms with Gasteiger partial charge in [-0.2, -0.15) is 0 Å². The summed E-state index contributed by atoms with van der Waals surface area (Å²) in [5, 5.41) is 2.06. The summed E-state index contributed by atoms with van der Waals surface area (Å²) in [4.78, 5) is 0. The Morgan fingerprint density at radius 2 is 1.22 bits per heavy atom. The Bertz CT molecular complexity index is 1220. The first-order chi connectivity index (χ1) is 15.4. The van der Waals surface area contributed by atoms with Crippen LogP contribution >= 0.6 is 0 Å². The number of rotatable bonds is 7. The summed E-state index contributed by atoms with van der Waals surface area (Å²) in [5.74, 6) is -3.51. The summed E-state index contributed by atoms with van der Waals surface area (Å²) in [7, 11) is 0. The van der Waals surface area contributed by atoms with Gasteiger partial charge in [-0.15, -0.1) is 0 Å². The van der Waals surface area contributed by atoms with Crippen molar-refractivity contribution in [1.82, 2.24) is 0 Å². The first-order valence-corrected chi connectivity index (χ1v) is 10.9. The third kappa shape index (κ3) is 4.85. The molecule has 164 valence electrons. The van der Waals surface area contributed by atoms with Crippen LogP contribution in [0.5, 0.6) is 0 Å². The highest BCUT2D eigenvalue weighted by molar-refractivity contribution is 5.88. The van der Waals surface area contributed by atoms with Crippen molar-refractivity contribution in [2.75, 3.05) is 0 Å². The van der Waals surface area contributed by atoms with Crippen LogP contribution in [0.15, 0.2) is 66.7 Å². The molecule has 0 fully saturated rings. The first kappa shape index (κ1) is 22.1. The molecule has 4 rings (SSSR count). The van der Waals surface area contributed by atoms with Gasteiger partial charge in [0.1, 0.15) is 23.3 Å². The maximum absolute atomic E-state index is 14.8. The molecule has 0 radical (unpaired) electrons. The molecule has 0 aliphatic carbocycles. The zero-order valence-electron chi connectivity index (χ0n) is 17.9. The number of unbranched alkanes of at least 4 members (excludes halogenated alkanes) is 3. The second-order valence-corrected chi connectivity index (χ2v) is 8.18. The van der Waals surface area contributed by atoms with Crippen molar-refractivity contribution in [2.45, 2.75) is 39.0 Å². The van der Waals surface area contributed by atoms with E-state index in [1.165, 1.54) is 37.0 Å². The summed E-state index contributed by atoms with van der Waals surface area (Å²) >= 11 is 0. The molecule has 0 nitrogen and oxygen atoms in total. The quantitative estimate of drug-likeness (QED) is 0.200. The average molecular weight is 436 g/mol. The number of hydrogen-bond acceptors (Lipinski definition) is 0. The molecule has 4 aromatic rings. The molecule has 0 aliphatic rings. The van der Waals surface area contributed by atoms with E-state index >= 15 is 0 Å². The van der Waals surface area contributed by atoms with Gasteiger partial charge in [0.05, 0.1) is 5.56 Å². The fourth-order valence-corrected chi connectivity index (χ4v) is 4.10. The number of halogens is 4. The van der Waals surface area contributed by atoms with Crippen molar-refractivity contribution in [1.29, 1.82) is 0 Å². The molecule has 0 atom stereocenters. The minimum absolute atomic E-state index is 0.172. The van der Waals surface area contributed by atoms with Crippen LogP contribution in [0.1, 0.15) is 38.2 Å². The summed E-state index contributed by atoms with van der Waals surface area (Å²) in [6, 6.07) is 16.9. The van der Waals surface area contributed by atoms with Gasteiger partial charge < -0.3 is 0 Å². The van der Waals surface area contributed by atoms with E-state index in [0.29, 0.717) is 17.2 Å². The zero-order chi connectivity index (χ0) is 22.7. The van der Waals surface area contributed by atoms with Crippen LogP contribution in [0, 0.1) is 23.3 Å². The first-order valence-electron chi connectivity index (χ1n) is 10.9. The van der Waals surface area contributed by atoms with Gasteiger partial charge in [0.2, 0.25) is 0 Å². The fourth-order valence-electron chi connectivity index (χ4n) is 4.10. The van der Waals surface area contributed by atoms with Crippen molar-refractivity contribution < 1.29 is 17.6 Å². The van der Waals surface area contributed by atoms with E-state index in [1.807, 2.05) is 24.3 Å². The van der Waals surface area contributed by atoms with Crippen molar-refractivity contribution in [3.05, 3.63) is 95.6 Å². The molecule has 0 N–H and O–H groups in total. The lowest BCUT2D eigenvalue weighted by molar-refractivity contribution is 0.578. The van der Waals surface area contributed by atoms with Crippen LogP contribution in [-0.2, 0) is 6.42 Å². The standard InChI is InChI=1S/C28H24F4/c1-2-3-4-5-6-18-7-8-20-12-21(10-9-19(20)11-18)22-15-26(31)28(27(32)16-22)23-13-24(29)17-25(30)14-23/h7-17H,2-6H2,1H3. The van der Waals surface area contributed by atoms with Gasteiger partial charge >= 0.3 is 0 Å². The molecule has 4 heteroatoms. The van der Waals surface area contributed by atoms with Gasteiger partial charge in [0, 0.05) is 6.07 Å². The monoisotopic (exact) mass is 436 g/mol. The largest absolute Gasteiger partial charge is 0.207 e. The Hall–Kier alpha value is -3.14. The Morgan fingerprint density at radius 3 is 1.91 bits per heavy atom. The Kier molecular flexibility index (Phi) is 6.59. The highest BCUT2D eigenvalue weighted by Crippen LogP contribution is 2.33. The number of hydrogen-bond donors (Lipinski definition) is 0. The van der Waals surface area contributed by atoms with E-state index in [4.69, 9.17) is 0 Å². The molecule has 4 aromatic carbocycles. The molecule has 0 aliphatic heterocycles. The van der Waals surface area contributed by atoms with E-state index in [9.17, 15) is 17.6 Å². The molecule has 0 saturated carbocycles. The third-order valence-corrected chi connectivity index (χ3v) is 5.75.